The van der Waals surface area contributed by atoms with E-state index in [0.29, 0.717) is 18.9 Å². The minimum Gasteiger partial charge on any atom is -0.352 e. The van der Waals surface area contributed by atoms with Crippen molar-refractivity contribution in [2.75, 3.05) is 6.54 Å². The Kier molecular flexibility index (Phi) is 6.36. The van der Waals surface area contributed by atoms with Crippen LogP contribution in [0, 0.1) is 5.92 Å². The lowest BCUT2D eigenvalue weighted by Gasteiger charge is -2.18. The summed E-state index contributed by atoms with van der Waals surface area (Å²) in [5.41, 5.74) is 6.67. The van der Waals surface area contributed by atoms with Gasteiger partial charge < -0.3 is 11.1 Å². The second-order valence-electron chi connectivity index (χ2n) is 4.93. The molecule has 100 valence electrons. The quantitative estimate of drug-likeness (QED) is 0.848. The fraction of sp³-hybridized carbons (Fsp3) is 0.500. The fourth-order valence-electron chi connectivity index (χ4n) is 1.85. The second kappa shape index (κ2) is 7.54. The van der Waals surface area contributed by atoms with E-state index in [1.54, 1.807) is 0 Å². The summed E-state index contributed by atoms with van der Waals surface area (Å²) in [5.74, 6) is 0.569. The molecule has 0 heterocycles. The molecule has 0 aliphatic rings. The highest BCUT2D eigenvalue weighted by Crippen LogP contribution is 2.11. The van der Waals surface area contributed by atoms with Gasteiger partial charge in [-0.05, 0) is 30.0 Å². The van der Waals surface area contributed by atoms with E-state index >= 15 is 0 Å². The number of amides is 1. The number of halogens is 1. The average Bonchev–Trinajstić information content (AvgIpc) is 2.30. The lowest BCUT2D eigenvalue weighted by molar-refractivity contribution is -0.121. The van der Waals surface area contributed by atoms with Crippen LogP contribution in [0.2, 0.25) is 0 Å². The van der Waals surface area contributed by atoms with Gasteiger partial charge in [0.15, 0.2) is 0 Å². The van der Waals surface area contributed by atoms with Gasteiger partial charge in [-0.3, -0.25) is 4.79 Å². The van der Waals surface area contributed by atoms with Crippen LogP contribution in [0.4, 0.5) is 0 Å². The molecule has 0 aromatic heterocycles. The second-order valence-corrected chi connectivity index (χ2v) is 5.85. The van der Waals surface area contributed by atoms with Gasteiger partial charge in [0.1, 0.15) is 0 Å². The molecule has 1 atom stereocenters. The van der Waals surface area contributed by atoms with Crippen LogP contribution in [0.15, 0.2) is 28.7 Å². The summed E-state index contributed by atoms with van der Waals surface area (Å²) in [7, 11) is 0. The first-order chi connectivity index (χ1) is 8.51. The zero-order valence-electron chi connectivity index (χ0n) is 10.9. The van der Waals surface area contributed by atoms with E-state index in [1.165, 1.54) is 0 Å². The molecular formula is C14H21BrN2O. The zero-order chi connectivity index (χ0) is 13.5. The molecule has 4 heteroatoms. The van der Waals surface area contributed by atoms with Crippen molar-refractivity contribution in [3.63, 3.8) is 0 Å². The van der Waals surface area contributed by atoms with Gasteiger partial charge in [0.2, 0.25) is 5.91 Å². The van der Waals surface area contributed by atoms with Gasteiger partial charge in [0.05, 0.1) is 6.42 Å². The molecule has 18 heavy (non-hydrogen) atoms. The number of carbonyl (C=O) groups is 1. The summed E-state index contributed by atoms with van der Waals surface area (Å²) < 4.78 is 1.02. The van der Waals surface area contributed by atoms with Gasteiger partial charge in [-0.1, -0.05) is 41.9 Å². The summed E-state index contributed by atoms with van der Waals surface area (Å²) in [6.45, 7) is 4.75. The van der Waals surface area contributed by atoms with Gasteiger partial charge >= 0.3 is 0 Å². The topological polar surface area (TPSA) is 55.1 Å². The van der Waals surface area contributed by atoms with Crippen LogP contribution in [0.25, 0.3) is 0 Å². The van der Waals surface area contributed by atoms with Gasteiger partial charge in [0.25, 0.3) is 0 Å². The van der Waals surface area contributed by atoms with Gasteiger partial charge in [-0.15, -0.1) is 0 Å². The Morgan fingerprint density at radius 1 is 1.33 bits per heavy atom. The van der Waals surface area contributed by atoms with Crippen molar-refractivity contribution in [1.29, 1.82) is 0 Å². The third-order valence-electron chi connectivity index (χ3n) is 2.68. The van der Waals surface area contributed by atoms with E-state index in [-0.39, 0.29) is 11.9 Å². The van der Waals surface area contributed by atoms with E-state index in [9.17, 15) is 4.79 Å². The molecular weight excluding hydrogens is 292 g/mol. The highest BCUT2D eigenvalue weighted by atomic mass is 79.9. The largest absolute Gasteiger partial charge is 0.352 e. The molecule has 0 bridgehead atoms. The number of nitrogens with two attached hydrogens (primary N) is 1. The maximum absolute atomic E-state index is 11.9. The monoisotopic (exact) mass is 312 g/mol. The van der Waals surface area contributed by atoms with Crippen LogP contribution < -0.4 is 11.1 Å². The molecule has 1 aromatic rings. The third kappa shape index (κ3) is 5.65. The standard InChI is InChI=1S/C14H21BrN2O/c1-10(2)7-13(9-16)17-14(18)8-11-3-5-12(15)6-4-11/h3-6,10,13H,7-9,16H2,1-2H3,(H,17,18). The number of hydrogen-bond acceptors (Lipinski definition) is 2. The first-order valence-electron chi connectivity index (χ1n) is 6.25. The maximum Gasteiger partial charge on any atom is 0.224 e. The molecule has 0 radical (unpaired) electrons. The normalized spacial score (nSPS) is 12.5. The van der Waals surface area contributed by atoms with Crippen molar-refractivity contribution < 1.29 is 4.79 Å². The Balaban J connectivity index is 2.47. The van der Waals surface area contributed by atoms with Crippen molar-refractivity contribution in [1.82, 2.24) is 5.32 Å². The third-order valence-corrected chi connectivity index (χ3v) is 3.21. The lowest BCUT2D eigenvalue weighted by atomic mass is 10.0. The Morgan fingerprint density at radius 3 is 2.44 bits per heavy atom. The van der Waals surface area contributed by atoms with Gasteiger partial charge in [0, 0.05) is 17.1 Å². The molecule has 0 saturated carbocycles. The molecule has 0 spiro atoms. The van der Waals surface area contributed by atoms with Gasteiger partial charge in [-0.2, -0.15) is 0 Å². The molecule has 0 aliphatic heterocycles. The highest BCUT2D eigenvalue weighted by Gasteiger charge is 2.12. The Bertz CT molecular complexity index is 376. The number of benzene rings is 1. The Labute approximate surface area is 117 Å². The van der Waals surface area contributed by atoms with Crippen molar-refractivity contribution >= 4 is 21.8 Å². The minimum absolute atomic E-state index is 0.0356. The Hall–Kier alpha value is -0.870. The molecule has 0 aliphatic carbocycles. The first-order valence-corrected chi connectivity index (χ1v) is 7.04. The molecule has 3 N–H and O–H groups in total. The molecule has 1 unspecified atom stereocenters. The van der Waals surface area contributed by atoms with E-state index in [2.05, 4.69) is 35.1 Å². The summed E-state index contributed by atoms with van der Waals surface area (Å²) in [6, 6.07) is 7.86. The first kappa shape index (κ1) is 15.2. The van der Waals surface area contributed by atoms with Crippen LogP contribution >= 0.6 is 15.9 Å². The molecule has 1 amide bonds. The van der Waals surface area contributed by atoms with Crippen molar-refractivity contribution in [3.05, 3.63) is 34.3 Å². The van der Waals surface area contributed by atoms with E-state index in [1.807, 2.05) is 24.3 Å². The minimum atomic E-state index is 0.0356. The molecule has 1 aromatic carbocycles. The van der Waals surface area contributed by atoms with Crippen LogP contribution in [0.5, 0.6) is 0 Å². The molecule has 3 nitrogen and oxygen atoms in total. The smallest absolute Gasteiger partial charge is 0.224 e. The van der Waals surface area contributed by atoms with E-state index in [4.69, 9.17) is 5.73 Å². The molecule has 0 saturated heterocycles. The molecule has 0 fully saturated rings. The highest BCUT2D eigenvalue weighted by molar-refractivity contribution is 9.10. The number of hydrogen-bond donors (Lipinski definition) is 2. The van der Waals surface area contributed by atoms with Crippen molar-refractivity contribution in [3.8, 4) is 0 Å². The lowest BCUT2D eigenvalue weighted by Crippen LogP contribution is -2.41. The SMILES string of the molecule is CC(C)CC(CN)NC(=O)Cc1ccc(Br)cc1. The summed E-state index contributed by atoms with van der Waals surface area (Å²) >= 11 is 3.37. The van der Waals surface area contributed by atoms with Crippen LogP contribution in [-0.4, -0.2) is 18.5 Å². The molecule has 1 rings (SSSR count). The summed E-state index contributed by atoms with van der Waals surface area (Å²) in [4.78, 5) is 11.9. The summed E-state index contributed by atoms with van der Waals surface area (Å²) in [6.07, 6.45) is 1.32. The fourth-order valence-corrected chi connectivity index (χ4v) is 2.11. The number of rotatable bonds is 6. The predicted molar refractivity (Wildman–Crippen MR) is 78.3 cm³/mol. The Morgan fingerprint density at radius 2 is 1.94 bits per heavy atom. The van der Waals surface area contributed by atoms with Crippen LogP contribution in [0.3, 0.4) is 0 Å². The van der Waals surface area contributed by atoms with Crippen molar-refractivity contribution in [2.24, 2.45) is 11.7 Å². The summed E-state index contributed by atoms with van der Waals surface area (Å²) in [5, 5.41) is 2.99. The van der Waals surface area contributed by atoms with E-state index < -0.39 is 0 Å². The maximum atomic E-state index is 11.9. The van der Waals surface area contributed by atoms with Crippen LogP contribution in [0.1, 0.15) is 25.8 Å². The van der Waals surface area contributed by atoms with Crippen molar-refractivity contribution in [2.45, 2.75) is 32.7 Å². The predicted octanol–water partition coefficient (Wildman–Crippen LogP) is 2.48. The number of carbonyl (C=O) groups excluding carboxylic acids is 1. The number of nitrogens with one attached hydrogen (secondary N) is 1. The zero-order valence-corrected chi connectivity index (χ0v) is 12.5. The van der Waals surface area contributed by atoms with Gasteiger partial charge in [-0.25, -0.2) is 0 Å². The van der Waals surface area contributed by atoms with Crippen LogP contribution in [-0.2, 0) is 11.2 Å². The average molecular weight is 313 g/mol. The van der Waals surface area contributed by atoms with E-state index in [0.717, 1.165) is 16.5 Å².